The smallest absolute Gasteiger partial charge is 0.346 e. The molecule has 6 heteroatoms. The number of carbonyl (C=O) groups is 1. The van der Waals surface area contributed by atoms with Gasteiger partial charge in [-0.1, -0.05) is 32.4 Å². The number of benzene rings is 1. The molecule has 0 aliphatic carbocycles. The predicted octanol–water partition coefficient (Wildman–Crippen LogP) is 5.70. The fourth-order valence-electron chi connectivity index (χ4n) is 1.75. The molecule has 27 heavy (non-hydrogen) atoms. The first-order valence-electron chi connectivity index (χ1n) is 7.46. The second-order valence-electron chi connectivity index (χ2n) is 5.42. The van der Waals surface area contributed by atoms with Crippen molar-refractivity contribution in [1.29, 1.82) is 5.26 Å². The van der Waals surface area contributed by atoms with Gasteiger partial charge in [-0.15, -0.1) is 0 Å². The van der Waals surface area contributed by atoms with Gasteiger partial charge in [0, 0.05) is 11.6 Å². The van der Waals surface area contributed by atoms with Gasteiger partial charge in [-0.2, -0.15) is 5.26 Å². The summed E-state index contributed by atoms with van der Waals surface area (Å²) in [6, 6.07) is 5.39. The molecule has 1 aromatic rings. The van der Waals surface area contributed by atoms with Crippen LogP contribution < -0.4 is 0 Å². The molecule has 0 fully saturated rings. The fourth-order valence-corrected chi connectivity index (χ4v) is 1.75. The molecule has 0 amide bonds. The van der Waals surface area contributed by atoms with Gasteiger partial charge in [0.05, 0.1) is 11.1 Å². The third kappa shape index (κ3) is 6.01. The van der Waals surface area contributed by atoms with Crippen molar-refractivity contribution in [2.45, 2.75) is 6.92 Å². The van der Waals surface area contributed by atoms with Crippen molar-refractivity contribution < 1.29 is 22.7 Å². The first-order valence-corrected chi connectivity index (χ1v) is 7.46. The van der Waals surface area contributed by atoms with E-state index in [4.69, 9.17) is 10.00 Å². The van der Waals surface area contributed by atoms with Crippen LogP contribution in [0.3, 0.4) is 0 Å². The molecule has 0 radical (unpaired) electrons. The van der Waals surface area contributed by atoms with Crippen LogP contribution in [0.2, 0.25) is 0 Å². The Morgan fingerprint density at radius 1 is 1.15 bits per heavy atom. The summed E-state index contributed by atoms with van der Waals surface area (Å²) in [7, 11) is 0. The SMILES string of the molecule is C=C(/C=C(/F)C(=C)C(=C)/C=C(/F)C(=C)C#N)OC(=O)c1ccc(C)cc1F. The van der Waals surface area contributed by atoms with Crippen LogP contribution >= 0.6 is 0 Å². The van der Waals surface area contributed by atoms with Crippen molar-refractivity contribution >= 4 is 5.97 Å². The lowest BCUT2D eigenvalue weighted by Crippen LogP contribution is -2.06. The maximum absolute atomic E-state index is 14.2. The number of esters is 1. The average Bonchev–Trinajstić information content (AvgIpc) is 2.59. The quantitative estimate of drug-likeness (QED) is 0.267. The lowest BCUT2D eigenvalue weighted by Gasteiger charge is -2.07. The van der Waals surface area contributed by atoms with Gasteiger partial charge in [-0.3, -0.25) is 0 Å². The largest absolute Gasteiger partial charge is 0.423 e. The molecule has 0 aromatic heterocycles. The van der Waals surface area contributed by atoms with E-state index in [1.807, 2.05) is 0 Å². The Balaban J connectivity index is 2.87. The molecule has 0 aliphatic heterocycles. The highest BCUT2D eigenvalue weighted by atomic mass is 19.1. The van der Waals surface area contributed by atoms with E-state index in [9.17, 15) is 18.0 Å². The molecular formula is C21H16F3NO2. The molecule has 1 aromatic carbocycles. The van der Waals surface area contributed by atoms with Crippen molar-refractivity contribution in [3.63, 3.8) is 0 Å². The molecular weight excluding hydrogens is 355 g/mol. The summed E-state index contributed by atoms with van der Waals surface area (Å²) >= 11 is 0. The molecule has 1 rings (SSSR count). The third-order valence-electron chi connectivity index (χ3n) is 3.26. The van der Waals surface area contributed by atoms with E-state index < -0.39 is 34.8 Å². The number of halogens is 3. The maximum Gasteiger partial charge on any atom is 0.346 e. The highest BCUT2D eigenvalue weighted by Crippen LogP contribution is 2.23. The minimum absolute atomic E-state index is 0.165. The monoisotopic (exact) mass is 371 g/mol. The van der Waals surface area contributed by atoms with Crippen molar-refractivity contribution in [2.24, 2.45) is 0 Å². The van der Waals surface area contributed by atoms with E-state index in [1.165, 1.54) is 18.2 Å². The van der Waals surface area contributed by atoms with Crippen molar-refractivity contribution in [3.8, 4) is 6.07 Å². The number of hydrogen-bond donors (Lipinski definition) is 0. The molecule has 3 nitrogen and oxygen atoms in total. The topological polar surface area (TPSA) is 50.1 Å². The zero-order valence-corrected chi connectivity index (χ0v) is 14.6. The summed E-state index contributed by atoms with van der Waals surface area (Å²) in [6.07, 6.45) is 1.51. The van der Waals surface area contributed by atoms with E-state index in [0.717, 1.165) is 18.2 Å². The van der Waals surface area contributed by atoms with Gasteiger partial charge in [-0.05, 0) is 36.3 Å². The molecule has 0 N–H and O–H groups in total. The Morgan fingerprint density at radius 3 is 2.33 bits per heavy atom. The second-order valence-corrected chi connectivity index (χ2v) is 5.42. The van der Waals surface area contributed by atoms with Gasteiger partial charge in [-0.25, -0.2) is 18.0 Å². The van der Waals surface area contributed by atoms with Crippen LogP contribution in [0.15, 0.2) is 90.8 Å². The molecule has 0 aliphatic rings. The number of carbonyl (C=O) groups excluding carboxylic acids is 1. The lowest BCUT2D eigenvalue weighted by molar-refractivity contribution is 0.0633. The third-order valence-corrected chi connectivity index (χ3v) is 3.26. The van der Waals surface area contributed by atoms with Crippen LogP contribution in [-0.4, -0.2) is 5.97 Å². The Labute approximate surface area is 155 Å². The van der Waals surface area contributed by atoms with Crippen molar-refractivity contribution in [1.82, 2.24) is 0 Å². The fraction of sp³-hybridized carbons (Fsp3) is 0.0476. The molecule has 0 saturated carbocycles. The maximum atomic E-state index is 14.2. The molecule has 0 unspecified atom stereocenters. The highest BCUT2D eigenvalue weighted by Gasteiger charge is 2.15. The zero-order valence-electron chi connectivity index (χ0n) is 14.6. The van der Waals surface area contributed by atoms with E-state index in [-0.39, 0.29) is 16.7 Å². The summed E-state index contributed by atoms with van der Waals surface area (Å²) in [5.41, 5.74) is -0.662. The number of nitrogens with zero attached hydrogens (tertiary/aromatic N) is 1. The molecule has 0 atom stereocenters. The van der Waals surface area contributed by atoms with Crippen molar-refractivity contribution in [2.75, 3.05) is 0 Å². The molecule has 0 heterocycles. The Morgan fingerprint density at radius 2 is 1.78 bits per heavy atom. The zero-order chi connectivity index (χ0) is 20.7. The summed E-state index contributed by atoms with van der Waals surface area (Å²) in [6.45, 7) is 15.0. The Bertz CT molecular complexity index is 947. The minimum Gasteiger partial charge on any atom is -0.423 e. The van der Waals surface area contributed by atoms with Crippen LogP contribution in [0, 0.1) is 24.1 Å². The molecule has 138 valence electrons. The molecule has 0 spiro atoms. The number of allylic oxidation sites excluding steroid dienone is 7. The van der Waals surface area contributed by atoms with Crippen LogP contribution in [0.1, 0.15) is 15.9 Å². The Hall–Kier alpha value is -3.59. The first kappa shape index (κ1) is 21.5. The summed E-state index contributed by atoms with van der Waals surface area (Å²) in [5.74, 6) is -4.25. The first-order chi connectivity index (χ1) is 12.6. The number of ether oxygens (including phenoxy) is 1. The van der Waals surface area contributed by atoms with Crippen LogP contribution in [0.25, 0.3) is 0 Å². The van der Waals surface area contributed by atoms with E-state index in [2.05, 4.69) is 26.3 Å². The molecule has 0 saturated heterocycles. The second kappa shape index (κ2) is 9.20. The lowest BCUT2D eigenvalue weighted by atomic mass is 10.1. The van der Waals surface area contributed by atoms with E-state index in [1.54, 1.807) is 6.92 Å². The van der Waals surface area contributed by atoms with Gasteiger partial charge in [0.25, 0.3) is 0 Å². The van der Waals surface area contributed by atoms with E-state index >= 15 is 0 Å². The van der Waals surface area contributed by atoms with Crippen LogP contribution in [-0.2, 0) is 4.74 Å². The number of aryl methyl sites for hydroxylation is 1. The normalized spacial score (nSPS) is 11.4. The van der Waals surface area contributed by atoms with Crippen LogP contribution in [0.4, 0.5) is 13.2 Å². The van der Waals surface area contributed by atoms with Gasteiger partial charge >= 0.3 is 5.97 Å². The minimum atomic E-state index is -1.05. The molecule has 0 bridgehead atoms. The summed E-state index contributed by atoms with van der Waals surface area (Å²) in [4.78, 5) is 11.9. The predicted molar refractivity (Wildman–Crippen MR) is 97.1 cm³/mol. The highest BCUT2D eigenvalue weighted by molar-refractivity contribution is 5.90. The summed E-state index contributed by atoms with van der Waals surface area (Å²) in [5, 5.41) is 8.54. The van der Waals surface area contributed by atoms with Crippen molar-refractivity contribution in [3.05, 3.63) is 108 Å². The van der Waals surface area contributed by atoms with E-state index in [0.29, 0.717) is 5.56 Å². The van der Waals surface area contributed by atoms with Gasteiger partial charge < -0.3 is 4.74 Å². The number of rotatable bonds is 7. The van der Waals surface area contributed by atoms with Crippen LogP contribution in [0.5, 0.6) is 0 Å². The number of nitriles is 1. The number of hydrogen-bond acceptors (Lipinski definition) is 3. The van der Waals surface area contributed by atoms with Gasteiger partial charge in [0.1, 0.15) is 29.3 Å². The summed E-state index contributed by atoms with van der Waals surface area (Å²) < 4.78 is 46.2. The average molecular weight is 371 g/mol. The standard InChI is InChI=1S/C21H16F3NO2/c1-12-6-7-17(20(24)8-12)21(26)27-15(4)10-19(23)16(5)13(2)9-18(22)14(3)11-25/h6-10H,2-5H2,1H3/b18-9+,19-10+. The Kier molecular flexibility index (Phi) is 7.31. The van der Waals surface area contributed by atoms with Gasteiger partial charge in [0.2, 0.25) is 0 Å². The van der Waals surface area contributed by atoms with Gasteiger partial charge in [0.15, 0.2) is 0 Å².